The van der Waals surface area contributed by atoms with Crippen molar-refractivity contribution in [1.82, 2.24) is 15.5 Å². The Labute approximate surface area is 141 Å². The number of aliphatic imine (C=N–C) groups is 1. The van der Waals surface area contributed by atoms with Crippen molar-refractivity contribution in [1.29, 1.82) is 0 Å². The van der Waals surface area contributed by atoms with Crippen LogP contribution in [0.2, 0.25) is 5.02 Å². The maximum absolute atomic E-state index is 6.30. The molecule has 0 bridgehead atoms. The number of rotatable bonds is 4. The molecular formula is C16H23ClN4O2. The third-order valence-electron chi connectivity index (χ3n) is 4.13. The van der Waals surface area contributed by atoms with Gasteiger partial charge in [-0.3, -0.25) is 9.89 Å². The molecule has 1 saturated heterocycles. The van der Waals surface area contributed by atoms with Crippen molar-refractivity contribution < 1.29 is 9.47 Å². The van der Waals surface area contributed by atoms with E-state index in [1.54, 1.807) is 7.05 Å². The SMILES string of the molecule is CN=C(NCCN1CCOCC1)NC1COc2cccc(Cl)c21. The summed E-state index contributed by atoms with van der Waals surface area (Å²) < 4.78 is 11.0. The summed E-state index contributed by atoms with van der Waals surface area (Å²) in [6.45, 7) is 6.00. The number of ether oxygens (including phenoxy) is 2. The first kappa shape index (κ1) is 16.4. The lowest BCUT2D eigenvalue weighted by Gasteiger charge is -2.27. The summed E-state index contributed by atoms with van der Waals surface area (Å²) in [6.07, 6.45) is 0. The van der Waals surface area contributed by atoms with E-state index in [9.17, 15) is 0 Å². The van der Waals surface area contributed by atoms with Crippen LogP contribution in [0.15, 0.2) is 23.2 Å². The molecule has 1 aromatic rings. The highest BCUT2D eigenvalue weighted by Gasteiger charge is 2.27. The molecule has 2 heterocycles. The standard InChI is InChI=1S/C16H23ClN4O2/c1-18-16(19-5-6-21-7-9-22-10-8-21)20-13-11-23-14-4-2-3-12(17)15(13)14/h2-4,13H,5-11H2,1H3,(H2,18,19,20). The van der Waals surface area contributed by atoms with Gasteiger partial charge in [0.2, 0.25) is 0 Å². The average Bonchev–Trinajstić information content (AvgIpc) is 2.99. The molecule has 1 fully saturated rings. The average molecular weight is 339 g/mol. The number of fused-ring (bicyclic) bond motifs is 1. The Morgan fingerprint density at radius 1 is 1.39 bits per heavy atom. The summed E-state index contributed by atoms with van der Waals surface area (Å²) in [5.74, 6) is 1.61. The topological polar surface area (TPSA) is 58.1 Å². The van der Waals surface area contributed by atoms with E-state index in [1.165, 1.54) is 0 Å². The van der Waals surface area contributed by atoms with Gasteiger partial charge in [-0.05, 0) is 12.1 Å². The molecule has 3 rings (SSSR count). The predicted molar refractivity (Wildman–Crippen MR) is 91.4 cm³/mol. The van der Waals surface area contributed by atoms with Crippen LogP contribution in [-0.2, 0) is 4.74 Å². The van der Waals surface area contributed by atoms with Crippen LogP contribution in [-0.4, -0.2) is 63.9 Å². The molecule has 2 N–H and O–H groups in total. The molecule has 2 aliphatic heterocycles. The third kappa shape index (κ3) is 4.07. The van der Waals surface area contributed by atoms with E-state index < -0.39 is 0 Å². The fourth-order valence-corrected chi connectivity index (χ4v) is 3.17. The zero-order valence-electron chi connectivity index (χ0n) is 13.3. The van der Waals surface area contributed by atoms with Crippen molar-refractivity contribution in [3.05, 3.63) is 28.8 Å². The number of hydrogen-bond acceptors (Lipinski definition) is 4. The molecule has 1 aromatic carbocycles. The maximum Gasteiger partial charge on any atom is 0.191 e. The van der Waals surface area contributed by atoms with Gasteiger partial charge in [-0.15, -0.1) is 0 Å². The van der Waals surface area contributed by atoms with Crippen LogP contribution in [0, 0.1) is 0 Å². The van der Waals surface area contributed by atoms with Gasteiger partial charge in [-0.25, -0.2) is 0 Å². The molecule has 0 aliphatic carbocycles. The monoisotopic (exact) mass is 338 g/mol. The van der Waals surface area contributed by atoms with Crippen LogP contribution in [0.3, 0.4) is 0 Å². The van der Waals surface area contributed by atoms with Crippen molar-refractivity contribution in [2.24, 2.45) is 4.99 Å². The minimum absolute atomic E-state index is 0.0216. The van der Waals surface area contributed by atoms with Gasteiger partial charge in [-0.1, -0.05) is 17.7 Å². The summed E-state index contributed by atoms with van der Waals surface area (Å²) in [5.41, 5.74) is 1.00. The highest BCUT2D eigenvalue weighted by molar-refractivity contribution is 6.31. The van der Waals surface area contributed by atoms with E-state index in [4.69, 9.17) is 21.1 Å². The van der Waals surface area contributed by atoms with Crippen molar-refractivity contribution in [2.45, 2.75) is 6.04 Å². The van der Waals surface area contributed by atoms with Crippen LogP contribution < -0.4 is 15.4 Å². The minimum atomic E-state index is 0.0216. The highest BCUT2D eigenvalue weighted by atomic mass is 35.5. The van der Waals surface area contributed by atoms with E-state index in [2.05, 4.69) is 20.5 Å². The van der Waals surface area contributed by atoms with Gasteiger partial charge in [0.1, 0.15) is 12.4 Å². The Morgan fingerprint density at radius 2 is 2.22 bits per heavy atom. The molecular weight excluding hydrogens is 316 g/mol. The van der Waals surface area contributed by atoms with Crippen LogP contribution >= 0.6 is 11.6 Å². The molecule has 0 spiro atoms. The van der Waals surface area contributed by atoms with E-state index in [0.717, 1.165) is 61.7 Å². The van der Waals surface area contributed by atoms with Gasteiger partial charge in [-0.2, -0.15) is 0 Å². The summed E-state index contributed by atoms with van der Waals surface area (Å²) in [5, 5.41) is 7.46. The van der Waals surface area contributed by atoms with Crippen molar-refractivity contribution in [3.8, 4) is 5.75 Å². The van der Waals surface area contributed by atoms with E-state index in [0.29, 0.717) is 6.61 Å². The first-order valence-corrected chi connectivity index (χ1v) is 8.34. The quantitative estimate of drug-likeness (QED) is 0.639. The normalized spacial score (nSPS) is 21.7. The number of benzene rings is 1. The number of hydrogen-bond donors (Lipinski definition) is 2. The maximum atomic E-state index is 6.30. The molecule has 0 aromatic heterocycles. The molecule has 7 heteroatoms. The Hall–Kier alpha value is -1.50. The lowest BCUT2D eigenvalue weighted by molar-refractivity contribution is 0.0389. The number of morpholine rings is 1. The van der Waals surface area contributed by atoms with Gasteiger partial charge in [0.15, 0.2) is 5.96 Å². The zero-order valence-corrected chi connectivity index (χ0v) is 14.1. The summed E-state index contributed by atoms with van der Waals surface area (Å²) >= 11 is 6.30. The molecule has 126 valence electrons. The van der Waals surface area contributed by atoms with Gasteiger partial charge >= 0.3 is 0 Å². The lowest BCUT2D eigenvalue weighted by Crippen LogP contribution is -2.45. The van der Waals surface area contributed by atoms with Gasteiger partial charge in [0.05, 0.1) is 19.3 Å². The molecule has 0 saturated carbocycles. The largest absolute Gasteiger partial charge is 0.491 e. The fraction of sp³-hybridized carbons (Fsp3) is 0.562. The van der Waals surface area contributed by atoms with Crippen LogP contribution in [0.5, 0.6) is 5.75 Å². The van der Waals surface area contributed by atoms with Gasteiger partial charge in [0.25, 0.3) is 0 Å². The first-order chi connectivity index (χ1) is 11.3. The van der Waals surface area contributed by atoms with E-state index >= 15 is 0 Å². The lowest BCUT2D eigenvalue weighted by atomic mass is 10.1. The summed E-state index contributed by atoms with van der Waals surface area (Å²) in [7, 11) is 1.77. The van der Waals surface area contributed by atoms with E-state index in [-0.39, 0.29) is 6.04 Å². The fourth-order valence-electron chi connectivity index (χ4n) is 2.87. The van der Waals surface area contributed by atoms with E-state index in [1.807, 2.05) is 18.2 Å². The van der Waals surface area contributed by atoms with Crippen LogP contribution in [0.4, 0.5) is 0 Å². The molecule has 0 amide bonds. The Kier molecular flexibility index (Phi) is 5.59. The number of guanidine groups is 1. The first-order valence-electron chi connectivity index (χ1n) is 7.96. The van der Waals surface area contributed by atoms with Crippen LogP contribution in [0.1, 0.15) is 11.6 Å². The van der Waals surface area contributed by atoms with Crippen molar-refractivity contribution in [3.63, 3.8) is 0 Å². The molecule has 1 atom stereocenters. The van der Waals surface area contributed by atoms with Gasteiger partial charge in [0, 0.05) is 43.8 Å². The highest BCUT2D eigenvalue weighted by Crippen LogP contribution is 2.37. The Balaban J connectivity index is 1.51. The molecule has 6 nitrogen and oxygen atoms in total. The molecule has 2 aliphatic rings. The third-order valence-corrected chi connectivity index (χ3v) is 4.46. The second kappa shape index (κ2) is 7.86. The Bertz CT molecular complexity index is 561. The summed E-state index contributed by atoms with van der Waals surface area (Å²) in [6, 6.07) is 5.75. The molecule has 0 radical (unpaired) electrons. The second-order valence-corrected chi connectivity index (χ2v) is 6.02. The van der Waals surface area contributed by atoms with Crippen molar-refractivity contribution >= 4 is 17.6 Å². The molecule has 1 unspecified atom stereocenters. The number of halogens is 1. The second-order valence-electron chi connectivity index (χ2n) is 5.61. The zero-order chi connectivity index (χ0) is 16.1. The van der Waals surface area contributed by atoms with Crippen molar-refractivity contribution in [2.75, 3.05) is 53.0 Å². The van der Waals surface area contributed by atoms with Gasteiger partial charge < -0.3 is 20.1 Å². The number of nitrogens with one attached hydrogen (secondary N) is 2. The number of nitrogens with zero attached hydrogens (tertiary/aromatic N) is 2. The summed E-state index contributed by atoms with van der Waals surface area (Å²) in [4.78, 5) is 6.67. The predicted octanol–water partition coefficient (Wildman–Crippen LogP) is 1.27. The molecule has 23 heavy (non-hydrogen) atoms. The smallest absolute Gasteiger partial charge is 0.191 e. The van der Waals surface area contributed by atoms with Crippen LogP contribution in [0.25, 0.3) is 0 Å². The Morgan fingerprint density at radius 3 is 3.00 bits per heavy atom. The minimum Gasteiger partial charge on any atom is -0.491 e.